The Morgan fingerprint density at radius 2 is 1.73 bits per heavy atom. The van der Waals surface area contributed by atoms with E-state index in [0.29, 0.717) is 11.3 Å². The molecule has 0 saturated carbocycles. The van der Waals surface area contributed by atoms with Crippen LogP contribution in [-0.4, -0.2) is 12.5 Å². The normalized spacial score (nSPS) is 11.2. The number of benzene rings is 2. The average Bonchev–Trinajstić information content (AvgIpc) is 2.56. The van der Waals surface area contributed by atoms with Crippen LogP contribution in [0.3, 0.4) is 0 Å². The van der Waals surface area contributed by atoms with E-state index in [9.17, 15) is 18.8 Å². The molecule has 0 radical (unpaired) electrons. The maximum Gasteiger partial charge on any atom is 0.387 e. The van der Waals surface area contributed by atoms with Crippen LogP contribution in [-0.2, 0) is 4.79 Å². The fourth-order valence-corrected chi connectivity index (χ4v) is 2.62. The molecule has 0 spiro atoms. The van der Waals surface area contributed by atoms with Crippen molar-refractivity contribution in [1.29, 1.82) is 5.26 Å². The quantitative estimate of drug-likeness (QED) is 0.621. The number of nitriles is 1. The minimum Gasteiger partial charge on any atom is -0.435 e. The molecule has 6 heteroatoms. The molecular formula is C20H18F2N2O2. The van der Waals surface area contributed by atoms with Crippen LogP contribution >= 0.6 is 0 Å². The summed E-state index contributed by atoms with van der Waals surface area (Å²) in [4.78, 5) is 12.4. The smallest absolute Gasteiger partial charge is 0.387 e. The number of halogens is 2. The van der Waals surface area contributed by atoms with E-state index in [0.717, 1.165) is 16.7 Å². The van der Waals surface area contributed by atoms with Gasteiger partial charge in [0.05, 0.1) is 0 Å². The van der Waals surface area contributed by atoms with Crippen LogP contribution in [0.5, 0.6) is 5.75 Å². The Morgan fingerprint density at radius 1 is 1.15 bits per heavy atom. The summed E-state index contributed by atoms with van der Waals surface area (Å²) in [5.74, 6) is -0.526. The number of amides is 1. The van der Waals surface area contributed by atoms with E-state index in [1.165, 1.54) is 30.3 Å². The zero-order valence-electron chi connectivity index (χ0n) is 14.6. The number of hydrogen-bond acceptors (Lipinski definition) is 3. The standard InChI is InChI=1S/C20H18F2N2O2/c1-12-8-13(2)18(14(3)9-12)24-19(25)16(11-23)10-15-4-6-17(7-5-15)26-20(21)22/h4-10,20H,1-3H3,(H,24,25). The van der Waals surface area contributed by atoms with Gasteiger partial charge in [-0.15, -0.1) is 0 Å². The zero-order chi connectivity index (χ0) is 19.3. The summed E-state index contributed by atoms with van der Waals surface area (Å²) in [5, 5.41) is 12.0. The minimum atomic E-state index is -2.90. The van der Waals surface area contributed by atoms with Gasteiger partial charge in [0.15, 0.2) is 0 Å². The summed E-state index contributed by atoms with van der Waals surface area (Å²) in [5.41, 5.74) is 3.99. The van der Waals surface area contributed by atoms with Crippen molar-refractivity contribution in [3.63, 3.8) is 0 Å². The molecule has 0 unspecified atom stereocenters. The van der Waals surface area contributed by atoms with Crippen LogP contribution in [0.2, 0.25) is 0 Å². The molecule has 26 heavy (non-hydrogen) atoms. The Bertz CT molecular complexity index is 859. The van der Waals surface area contributed by atoms with Crippen LogP contribution in [0.4, 0.5) is 14.5 Å². The molecule has 0 aliphatic rings. The lowest BCUT2D eigenvalue weighted by atomic mass is 10.0. The van der Waals surface area contributed by atoms with Crippen molar-refractivity contribution >= 4 is 17.7 Å². The predicted molar refractivity (Wildman–Crippen MR) is 95.9 cm³/mol. The summed E-state index contributed by atoms with van der Waals surface area (Å²) in [6, 6.07) is 11.4. The molecule has 2 aromatic carbocycles. The molecule has 1 N–H and O–H groups in total. The first kappa shape index (κ1) is 19.1. The second kappa shape index (κ2) is 8.26. The van der Waals surface area contributed by atoms with Crippen LogP contribution in [0.15, 0.2) is 42.0 Å². The van der Waals surface area contributed by atoms with Gasteiger partial charge in [-0.25, -0.2) is 0 Å². The Kier molecular flexibility index (Phi) is 6.07. The van der Waals surface area contributed by atoms with Gasteiger partial charge in [-0.3, -0.25) is 4.79 Å². The van der Waals surface area contributed by atoms with Gasteiger partial charge in [-0.1, -0.05) is 29.8 Å². The Balaban J connectivity index is 2.21. The summed E-state index contributed by atoms with van der Waals surface area (Å²) >= 11 is 0. The molecule has 0 aliphatic carbocycles. The van der Waals surface area contributed by atoms with Crippen molar-refractivity contribution in [2.45, 2.75) is 27.4 Å². The molecule has 0 heterocycles. The van der Waals surface area contributed by atoms with Crippen LogP contribution < -0.4 is 10.1 Å². The van der Waals surface area contributed by atoms with E-state index < -0.39 is 12.5 Å². The highest BCUT2D eigenvalue weighted by molar-refractivity contribution is 6.10. The second-order valence-corrected chi connectivity index (χ2v) is 5.85. The van der Waals surface area contributed by atoms with Gasteiger partial charge in [0, 0.05) is 5.69 Å². The lowest BCUT2D eigenvalue weighted by molar-refractivity contribution is -0.112. The number of aryl methyl sites for hydroxylation is 3. The van der Waals surface area contributed by atoms with E-state index in [2.05, 4.69) is 10.1 Å². The van der Waals surface area contributed by atoms with Gasteiger partial charge in [0.2, 0.25) is 0 Å². The topological polar surface area (TPSA) is 62.1 Å². The third kappa shape index (κ3) is 4.90. The fourth-order valence-electron chi connectivity index (χ4n) is 2.62. The highest BCUT2D eigenvalue weighted by Crippen LogP contribution is 2.23. The molecule has 2 aromatic rings. The number of nitrogens with one attached hydrogen (secondary N) is 1. The second-order valence-electron chi connectivity index (χ2n) is 5.85. The van der Waals surface area contributed by atoms with Gasteiger partial charge in [-0.2, -0.15) is 14.0 Å². The fraction of sp³-hybridized carbons (Fsp3) is 0.200. The molecule has 2 rings (SSSR count). The number of anilines is 1. The molecule has 0 bridgehead atoms. The molecule has 4 nitrogen and oxygen atoms in total. The summed E-state index contributed by atoms with van der Waals surface area (Å²) < 4.78 is 28.6. The highest BCUT2D eigenvalue weighted by atomic mass is 19.3. The molecular weight excluding hydrogens is 338 g/mol. The van der Waals surface area contributed by atoms with E-state index in [4.69, 9.17) is 0 Å². The molecule has 0 saturated heterocycles. The third-order valence-electron chi connectivity index (χ3n) is 3.70. The Morgan fingerprint density at radius 3 is 2.23 bits per heavy atom. The molecule has 1 amide bonds. The van der Waals surface area contributed by atoms with Gasteiger partial charge >= 0.3 is 6.61 Å². The number of carbonyl (C=O) groups is 1. The lowest BCUT2D eigenvalue weighted by Crippen LogP contribution is -2.15. The first-order valence-electron chi connectivity index (χ1n) is 7.86. The zero-order valence-corrected chi connectivity index (χ0v) is 14.6. The van der Waals surface area contributed by atoms with Crippen LogP contribution in [0.25, 0.3) is 6.08 Å². The summed E-state index contributed by atoms with van der Waals surface area (Å²) in [6.45, 7) is 2.83. The van der Waals surface area contributed by atoms with E-state index >= 15 is 0 Å². The molecule has 0 aromatic heterocycles. The largest absolute Gasteiger partial charge is 0.435 e. The van der Waals surface area contributed by atoms with Crippen molar-refractivity contribution in [2.75, 3.05) is 5.32 Å². The van der Waals surface area contributed by atoms with Crippen molar-refractivity contribution < 1.29 is 18.3 Å². The van der Waals surface area contributed by atoms with Crippen LogP contribution in [0.1, 0.15) is 22.3 Å². The minimum absolute atomic E-state index is 0.00557. The molecule has 134 valence electrons. The molecule has 0 atom stereocenters. The van der Waals surface area contributed by atoms with Crippen molar-refractivity contribution in [2.24, 2.45) is 0 Å². The predicted octanol–water partition coefficient (Wildman–Crippen LogP) is 4.76. The number of alkyl halides is 2. The number of nitrogens with zero attached hydrogens (tertiary/aromatic N) is 1. The van der Waals surface area contributed by atoms with Crippen molar-refractivity contribution in [1.82, 2.24) is 0 Å². The van der Waals surface area contributed by atoms with Crippen molar-refractivity contribution in [3.8, 4) is 11.8 Å². The monoisotopic (exact) mass is 356 g/mol. The maximum atomic E-state index is 12.4. The lowest BCUT2D eigenvalue weighted by Gasteiger charge is -2.12. The SMILES string of the molecule is Cc1cc(C)c(NC(=O)C(C#N)=Cc2ccc(OC(F)F)cc2)c(C)c1. The van der Waals surface area contributed by atoms with Gasteiger partial charge in [0.25, 0.3) is 5.91 Å². The number of ether oxygens (including phenoxy) is 1. The van der Waals surface area contributed by atoms with Gasteiger partial charge in [-0.05, 0) is 55.7 Å². The number of carbonyl (C=O) groups excluding carboxylic acids is 1. The molecule has 0 aliphatic heterocycles. The summed E-state index contributed by atoms with van der Waals surface area (Å²) in [7, 11) is 0. The van der Waals surface area contributed by atoms with Gasteiger partial charge < -0.3 is 10.1 Å². The number of rotatable bonds is 5. The summed E-state index contributed by atoms with van der Waals surface area (Å²) in [6.07, 6.45) is 1.39. The first-order chi connectivity index (χ1) is 12.3. The van der Waals surface area contributed by atoms with Crippen molar-refractivity contribution in [3.05, 3.63) is 64.2 Å². The Labute approximate surface area is 150 Å². The molecule has 0 fully saturated rings. The number of hydrogen-bond donors (Lipinski definition) is 1. The first-order valence-corrected chi connectivity index (χ1v) is 7.86. The maximum absolute atomic E-state index is 12.4. The average molecular weight is 356 g/mol. The Hall–Kier alpha value is -3.20. The van der Waals surface area contributed by atoms with E-state index in [-0.39, 0.29) is 11.3 Å². The van der Waals surface area contributed by atoms with Gasteiger partial charge in [0.1, 0.15) is 17.4 Å². The highest BCUT2D eigenvalue weighted by Gasteiger charge is 2.13. The van der Waals surface area contributed by atoms with E-state index in [1.54, 1.807) is 0 Å². The third-order valence-corrected chi connectivity index (χ3v) is 3.70. The van der Waals surface area contributed by atoms with E-state index in [1.807, 2.05) is 39.0 Å². The van der Waals surface area contributed by atoms with Crippen LogP contribution in [0, 0.1) is 32.1 Å².